The first-order chi connectivity index (χ1) is 7.68. The Balaban J connectivity index is 2.18. The van der Waals surface area contributed by atoms with Crippen LogP contribution in [0, 0.1) is 5.82 Å². The number of nitrogens with two attached hydrogens (primary N) is 1. The molecule has 1 aromatic carbocycles. The number of halogens is 2. The minimum Gasteiger partial charge on any atom is -0.323 e. The van der Waals surface area contributed by atoms with Crippen molar-refractivity contribution >= 4 is 39.5 Å². The molecule has 2 unspecified atom stereocenters. The average Bonchev–Trinajstić information content (AvgIpc) is 2.32. The maximum absolute atomic E-state index is 13.7. The van der Waals surface area contributed by atoms with Crippen molar-refractivity contribution in [3.8, 4) is 0 Å². The van der Waals surface area contributed by atoms with Gasteiger partial charge in [-0.3, -0.25) is 0 Å². The van der Waals surface area contributed by atoms with Crippen LogP contribution in [0.1, 0.15) is 11.6 Å². The molecule has 0 aromatic heterocycles. The Morgan fingerprint density at radius 3 is 2.94 bits per heavy atom. The molecule has 1 fully saturated rings. The van der Waals surface area contributed by atoms with E-state index in [1.807, 2.05) is 23.5 Å². The van der Waals surface area contributed by atoms with Crippen LogP contribution in [0.3, 0.4) is 0 Å². The highest BCUT2D eigenvalue weighted by atomic mass is 79.9. The molecule has 1 aromatic rings. The van der Waals surface area contributed by atoms with Crippen molar-refractivity contribution in [2.45, 2.75) is 11.3 Å². The third-order valence-corrected chi connectivity index (χ3v) is 5.94. The summed E-state index contributed by atoms with van der Waals surface area (Å²) in [4.78, 5) is 0. The molecule has 1 saturated heterocycles. The molecular formula is C11H13BrFNS2. The van der Waals surface area contributed by atoms with Crippen LogP contribution in [0.4, 0.5) is 4.39 Å². The van der Waals surface area contributed by atoms with Gasteiger partial charge in [-0.25, -0.2) is 4.39 Å². The average molecular weight is 322 g/mol. The summed E-state index contributed by atoms with van der Waals surface area (Å²) in [5, 5.41) is 0.322. The van der Waals surface area contributed by atoms with E-state index in [-0.39, 0.29) is 11.9 Å². The first kappa shape index (κ1) is 12.7. The number of thioether (sulfide) groups is 2. The standard InChI is InChI=1S/C11H13BrFNS2/c12-7-1-2-9(13)8(5-7)11(14)10-6-15-3-4-16-10/h1-2,5,10-11H,3-4,6,14H2. The lowest BCUT2D eigenvalue weighted by molar-refractivity contribution is 0.580. The van der Waals surface area contributed by atoms with Gasteiger partial charge in [0, 0.05) is 38.6 Å². The fourth-order valence-electron chi connectivity index (χ4n) is 1.68. The zero-order valence-electron chi connectivity index (χ0n) is 8.66. The van der Waals surface area contributed by atoms with Gasteiger partial charge < -0.3 is 5.73 Å². The summed E-state index contributed by atoms with van der Waals surface area (Å²) in [7, 11) is 0. The first-order valence-corrected chi connectivity index (χ1v) is 8.08. The van der Waals surface area contributed by atoms with Crippen molar-refractivity contribution in [3.63, 3.8) is 0 Å². The Bertz CT molecular complexity index is 369. The summed E-state index contributed by atoms with van der Waals surface area (Å²) >= 11 is 7.11. The molecule has 1 nitrogen and oxygen atoms in total. The van der Waals surface area contributed by atoms with Crippen LogP contribution in [0.2, 0.25) is 0 Å². The van der Waals surface area contributed by atoms with Crippen LogP contribution in [-0.4, -0.2) is 22.5 Å². The quantitative estimate of drug-likeness (QED) is 0.903. The maximum atomic E-state index is 13.7. The number of hydrogen-bond donors (Lipinski definition) is 1. The molecule has 16 heavy (non-hydrogen) atoms. The topological polar surface area (TPSA) is 26.0 Å². The van der Waals surface area contributed by atoms with Crippen molar-refractivity contribution in [2.24, 2.45) is 5.73 Å². The molecule has 0 aliphatic carbocycles. The normalized spacial score (nSPS) is 23.1. The van der Waals surface area contributed by atoms with E-state index >= 15 is 0 Å². The molecule has 0 bridgehead atoms. The largest absolute Gasteiger partial charge is 0.323 e. The zero-order chi connectivity index (χ0) is 11.5. The van der Waals surface area contributed by atoms with Crippen molar-refractivity contribution in [1.82, 2.24) is 0 Å². The molecule has 88 valence electrons. The van der Waals surface area contributed by atoms with Crippen LogP contribution >= 0.6 is 39.5 Å². The molecule has 2 rings (SSSR count). The van der Waals surface area contributed by atoms with Gasteiger partial charge in [0.2, 0.25) is 0 Å². The van der Waals surface area contributed by atoms with Crippen molar-refractivity contribution in [3.05, 3.63) is 34.1 Å². The van der Waals surface area contributed by atoms with E-state index in [4.69, 9.17) is 5.73 Å². The van der Waals surface area contributed by atoms with Crippen LogP contribution < -0.4 is 5.73 Å². The van der Waals surface area contributed by atoms with Crippen LogP contribution in [0.15, 0.2) is 22.7 Å². The third-order valence-electron chi connectivity index (χ3n) is 2.56. The van der Waals surface area contributed by atoms with Gasteiger partial charge in [0.05, 0.1) is 0 Å². The lowest BCUT2D eigenvalue weighted by atomic mass is 10.0. The van der Waals surface area contributed by atoms with Crippen molar-refractivity contribution < 1.29 is 4.39 Å². The van der Waals surface area contributed by atoms with Gasteiger partial charge in [0.25, 0.3) is 0 Å². The van der Waals surface area contributed by atoms with E-state index in [0.717, 1.165) is 16.0 Å². The SMILES string of the molecule is NC(c1cc(Br)ccc1F)C1CSCCS1. The molecule has 2 atom stereocenters. The molecule has 1 aliphatic rings. The fourth-order valence-corrected chi connectivity index (χ4v) is 4.86. The molecule has 0 saturated carbocycles. The van der Waals surface area contributed by atoms with Gasteiger partial charge in [-0.1, -0.05) is 15.9 Å². The predicted molar refractivity (Wildman–Crippen MR) is 74.6 cm³/mol. The van der Waals surface area contributed by atoms with E-state index in [2.05, 4.69) is 15.9 Å². The number of benzene rings is 1. The summed E-state index contributed by atoms with van der Waals surface area (Å²) in [5.41, 5.74) is 6.76. The summed E-state index contributed by atoms with van der Waals surface area (Å²) in [6.07, 6.45) is 0. The predicted octanol–water partition coefficient (Wildman–Crippen LogP) is 3.44. The van der Waals surface area contributed by atoms with Crippen LogP contribution in [0.25, 0.3) is 0 Å². The van der Waals surface area contributed by atoms with E-state index in [1.165, 1.54) is 11.8 Å². The maximum Gasteiger partial charge on any atom is 0.128 e. The van der Waals surface area contributed by atoms with Crippen molar-refractivity contribution in [2.75, 3.05) is 17.3 Å². The van der Waals surface area contributed by atoms with E-state index in [0.29, 0.717) is 10.8 Å². The van der Waals surface area contributed by atoms with Gasteiger partial charge in [0.1, 0.15) is 5.82 Å². The summed E-state index contributed by atoms with van der Waals surface area (Å²) in [6, 6.07) is 4.75. The molecule has 0 amide bonds. The highest BCUT2D eigenvalue weighted by Crippen LogP contribution is 2.33. The van der Waals surface area contributed by atoms with Gasteiger partial charge in [-0.15, -0.1) is 0 Å². The third kappa shape index (κ3) is 2.94. The van der Waals surface area contributed by atoms with E-state index < -0.39 is 0 Å². The Morgan fingerprint density at radius 1 is 1.44 bits per heavy atom. The number of rotatable bonds is 2. The monoisotopic (exact) mass is 321 g/mol. The Labute approximate surface area is 112 Å². The zero-order valence-corrected chi connectivity index (χ0v) is 11.9. The summed E-state index contributed by atoms with van der Waals surface area (Å²) < 4.78 is 14.5. The summed E-state index contributed by atoms with van der Waals surface area (Å²) in [5.74, 6) is 3.09. The minimum absolute atomic E-state index is 0.202. The summed E-state index contributed by atoms with van der Waals surface area (Å²) in [6.45, 7) is 0. The molecule has 0 radical (unpaired) electrons. The molecule has 0 spiro atoms. The second kappa shape index (κ2) is 5.76. The van der Waals surface area contributed by atoms with Gasteiger partial charge in [-0.05, 0) is 18.2 Å². The molecule has 1 heterocycles. The Kier molecular flexibility index (Phi) is 4.58. The highest BCUT2D eigenvalue weighted by Gasteiger charge is 2.24. The Hall–Kier alpha value is 0.290. The van der Waals surface area contributed by atoms with E-state index in [1.54, 1.807) is 12.1 Å². The lowest BCUT2D eigenvalue weighted by Crippen LogP contribution is -2.29. The first-order valence-electron chi connectivity index (χ1n) is 5.08. The van der Waals surface area contributed by atoms with Crippen molar-refractivity contribution in [1.29, 1.82) is 0 Å². The molecule has 5 heteroatoms. The van der Waals surface area contributed by atoms with Gasteiger partial charge in [-0.2, -0.15) is 23.5 Å². The van der Waals surface area contributed by atoms with Crippen LogP contribution in [0.5, 0.6) is 0 Å². The smallest absolute Gasteiger partial charge is 0.128 e. The highest BCUT2D eigenvalue weighted by molar-refractivity contribution is 9.10. The lowest BCUT2D eigenvalue weighted by Gasteiger charge is -2.27. The molecule has 1 aliphatic heterocycles. The molecular weight excluding hydrogens is 309 g/mol. The van der Waals surface area contributed by atoms with E-state index in [9.17, 15) is 4.39 Å². The second-order valence-corrected chi connectivity index (χ2v) is 7.09. The van der Waals surface area contributed by atoms with Gasteiger partial charge in [0.15, 0.2) is 0 Å². The Morgan fingerprint density at radius 2 is 2.25 bits per heavy atom. The number of hydrogen-bond acceptors (Lipinski definition) is 3. The molecule has 2 N–H and O–H groups in total. The van der Waals surface area contributed by atoms with Gasteiger partial charge >= 0.3 is 0 Å². The second-order valence-electron chi connectivity index (χ2n) is 3.68. The fraction of sp³-hybridized carbons (Fsp3) is 0.455. The minimum atomic E-state index is -0.213. The van der Waals surface area contributed by atoms with Crippen LogP contribution in [-0.2, 0) is 0 Å².